The van der Waals surface area contributed by atoms with Crippen LogP contribution in [0.5, 0.6) is 0 Å². The molecule has 0 saturated carbocycles. The SMILES string of the molecule is CC(I)NCCOCCOCCNCCOCCNC(=O)C(C)C. The number of ether oxygens (including phenoxy) is 3. The van der Waals surface area contributed by atoms with E-state index in [0.29, 0.717) is 50.2 Å². The average Bonchev–Trinajstić information content (AvgIpc) is 2.53. The molecule has 0 aromatic rings. The van der Waals surface area contributed by atoms with Crippen LogP contribution in [-0.4, -0.2) is 75.8 Å². The summed E-state index contributed by atoms with van der Waals surface area (Å²) in [5.41, 5.74) is 0. The van der Waals surface area contributed by atoms with Crippen LogP contribution < -0.4 is 16.0 Å². The summed E-state index contributed by atoms with van der Waals surface area (Å²) in [6.07, 6.45) is 0. The van der Waals surface area contributed by atoms with Gasteiger partial charge in [0.15, 0.2) is 0 Å². The molecule has 0 aliphatic heterocycles. The number of rotatable bonds is 17. The van der Waals surface area contributed by atoms with E-state index in [4.69, 9.17) is 14.2 Å². The monoisotopic (exact) mass is 459 g/mol. The van der Waals surface area contributed by atoms with Crippen molar-refractivity contribution >= 4 is 28.5 Å². The minimum atomic E-state index is 0.0217. The van der Waals surface area contributed by atoms with Crippen LogP contribution in [-0.2, 0) is 19.0 Å². The Hall–Kier alpha value is -0.000000000000000222. The highest BCUT2D eigenvalue weighted by atomic mass is 127. The number of hydrogen-bond donors (Lipinski definition) is 3. The molecule has 0 aliphatic rings. The van der Waals surface area contributed by atoms with Gasteiger partial charge in [0.25, 0.3) is 0 Å². The summed E-state index contributed by atoms with van der Waals surface area (Å²) in [4.78, 5) is 11.3. The lowest BCUT2D eigenvalue weighted by molar-refractivity contribution is -0.124. The lowest BCUT2D eigenvalue weighted by Crippen LogP contribution is -2.31. The van der Waals surface area contributed by atoms with Gasteiger partial charge in [0.05, 0.1) is 43.7 Å². The van der Waals surface area contributed by atoms with Crippen LogP contribution in [0.3, 0.4) is 0 Å². The summed E-state index contributed by atoms with van der Waals surface area (Å²) >= 11 is 2.32. The molecule has 8 heteroatoms. The minimum Gasteiger partial charge on any atom is -0.378 e. The van der Waals surface area contributed by atoms with Crippen molar-refractivity contribution in [1.82, 2.24) is 16.0 Å². The van der Waals surface area contributed by atoms with E-state index in [9.17, 15) is 4.79 Å². The van der Waals surface area contributed by atoms with Crippen molar-refractivity contribution in [1.29, 1.82) is 0 Å². The van der Waals surface area contributed by atoms with Gasteiger partial charge in [-0.3, -0.25) is 4.79 Å². The number of nitrogens with one attached hydrogen (secondary N) is 3. The van der Waals surface area contributed by atoms with Gasteiger partial charge in [-0.1, -0.05) is 36.4 Å². The highest BCUT2D eigenvalue weighted by molar-refractivity contribution is 14.1. The number of amides is 1. The van der Waals surface area contributed by atoms with Crippen LogP contribution in [0.2, 0.25) is 0 Å². The van der Waals surface area contributed by atoms with Crippen LogP contribution in [0.15, 0.2) is 0 Å². The van der Waals surface area contributed by atoms with Gasteiger partial charge in [0, 0.05) is 32.1 Å². The van der Waals surface area contributed by atoms with E-state index >= 15 is 0 Å². The third-order valence-corrected chi connectivity index (χ3v) is 3.40. The summed E-state index contributed by atoms with van der Waals surface area (Å²) in [7, 11) is 0. The molecule has 1 atom stereocenters. The molecule has 0 radical (unpaired) electrons. The van der Waals surface area contributed by atoms with Crippen molar-refractivity contribution < 1.29 is 19.0 Å². The Bertz CT molecular complexity index is 294. The summed E-state index contributed by atoms with van der Waals surface area (Å²) < 4.78 is 16.8. The Morgan fingerprint density at radius 1 is 0.833 bits per heavy atom. The molecule has 1 unspecified atom stereocenters. The molecule has 0 spiro atoms. The highest BCUT2D eigenvalue weighted by Gasteiger charge is 2.04. The van der Waals surface area contributed by atoms with E-state index in [-0.39, 0.29) is 11.8 Å². The van der Waals surface area contributed by atoms with Gasteiger partial charge < -0.3 is 30.2 Å². The fraction of sp³-hybridized carbons (Fsp3) is 0.938. The molecule has 0 rings (SSSR count). The quantitative estimate of drug-likeness (QED) is 0.129. The molecule has 0 aromatic heterocycles. The topological polar surface area (TPSA) is 80.8 Å². The third-order valence-electron chi connectivity index (χ3n) is 2.96. The van der Waals surface area contributed by atoms with Gasteiger partial charge in [0.2, 0.25) is 5.91 Å². The summed E-state index contributed by atoms with van der Waals surface area (Å²) in [6, 6.07) is 0. The maximum atomic E-state index is 11.3. The van der Waals surface area contributed by atoms with Gasteiger partial charge in [-0.25, -0.2) is 0 Å². The number of hydrogen-bond acceptors (Lipinski definition) is 6. The molecular formula is C16H34IN3O4. The van der Waals surface area contributed by atoms with Gasteiger partial charge in [-0.15, -0.1) is 0 Å². The molecule has 0 aliphatic carbocycles. The molecule has 7 nitrogen and oxygen atoms in total. The second-order valence-electron chi connectivity index (χ2n) is 5.60. The minimum absolute atomic E-state index is 0.0217. The largest absolute Gasteiger partial charge is 0.378 e. The predicted octanol–water partition coefficient (Wildman–Crippen LogP) is 0.769. The molecule has 0 fully saturated rings. The highest BCUT2D eigenvalue weighted by Crippen LogP contribution is 1.91. The second kappa shape index (κ2) is 17.8. The van der Waals surface area contributed by atoms with Gasteiger partial charge in [-0.05, 0) is 6.92 Å². The Morgan fingerprint density at radius 3 is 1.88 bits per heavy atom. The Morgan fingerprint density at radius 2 is 1.33 bits per heavy atom. The molecule has 1 amide bonds. The Labute approximate surface area is 160 Å². The summed E-state index contributed by atoms with van der Waals surface area (Å²) in [5.74, 6) is 0.0853. The normalized spacial score (nSPS) is 12.5. The van der Waals surface area contributed by atoms with E-state index in [1.165, 1.54) is 0 Å². The molecule has 3 N–H and O–H groups in total. The van der Waals surface area contributed by atoms with E-state index in [1.807, 2.05) is 13.8 Å². The average molecular weight is 459 g/mol. The molecular weight excluding hydrogens is 425 g/mol. The van der Waals surface area contributed by atoms with E-state index in [0.717, 1.165) is 19.6 Å². The van der Waals surface area contributed by atoms with Gasteiger partial charge in [-0.2, -0.15) is 0 Å². The Kier molecular flexibility index (Phi) is 17.8. The number of alkyl halides is 1. The molecule has 0 bridgehead atoms. The van der Waals surface area contributed by atoms with E-state index in [2.05, 4.69) is 45.5 Å². The van der Waals surface area contributed by atoms with Crippen molar-refractivity contribution in [3.8, 4) is 0 Å². The van der Waals surface area contributed by atoms with Crippen LogP contribution >= 0.6 is 22.6 Å². The first kappa shape index (κ1) is 24.0. The Balaban J connectivity index is 3.06. The van der Waals surface area contributed by atoms with Crippen molar-refractivity contribution in [3.05, 3.63) is 0 Å². The number of carbonyl (C=O) groups excluding carboxylic acids is 1. The van der Waals surface area contributed by atoms with Crippen molar-refractivity contribution in [3.63, 3.8) is 0 Å². The fourth-order valence-electron chi connectivity index (χ4n) is 1.62. The predicted molar refractivity (Wildman–Crippen MR) is 105 cm³/mol. The summed E-state index contributed by atoms with van der Waals surface area (Å²) in [5, 5.41) is 9.33. The lowest BCUT2D eigenvalue weighted by atomic mass is 10.2. The third kappa shape index (κ3) is 18.3. The first-order chi connectivity index (χ1) is 11.5. The second-order valence-corrected chi connectivity index (χ2v) is 7.47. The first-order valence-electron chi connectivity index (χ1n) is 8.63. The lowest BCUT2D eigenvalue weighted by Gasteiger charge is -2.09. The zero-order valence-electron chi connectivity index (χ0n) is 15.2. The standard InChI is InChI=1S/C16H34IN3O4/c1-14(2)16(21)20-7-11-22-8-4-18-5-9-23-12-13-24-10-6-19-15(3)17/h14-15,18-19H,4-13H2,1-3H3,(H,20,21). The van der Waals surface area contributed by atoms with Gasteiger partial charge >= 0.3 is 0 Å². The molecule has 0 saturated heterocycles. The molecule has 144 valence electrons. The van der Waals surface area contributed by atoms with Crippen LogP contribution in [0, 0.1) is 5.92 Å². The van der Waals surface area contributed by atoms with Crippen molar-refractivity contribution in [2.75, 3.05) is 65.8 Å². The van der Waals surface area contributed by atoms with E-state index in [1.54, 1.807) is 0 Å². The molecule has 0 heterocycles. The number of halogens is 1. The first-order valence-corrected chi connectivity index (χ1v) is 9.87. The van der Waals surface area contributed by atoms with E-state index < -0.39 is 0 Å². The smallest absolute Gasteiger partial charge is 0.222 e. The van der Waals surface area contributed by atoms with Crippen molar-refractivity contribution in [2.45, 2.75) is 24.8 Å². The van der Waals surface area contributed by atoms with Crippen LogP contribution in [0.25, 0.3) is 0 Å². The van der Waals surface area contributed by atoms with Crippen LogP contribution in [0.4, 0.5) is 0 Å². The number of carbonyl (C=O) groups is 1. The summed E-state index contributed by atoms with van der Waals surface area (Å²) in [6.45, 7) is 12.6. The fourth-order valence-corrected chi connectivity index (χ4v) is 1.93. The van der Waals surface area contributed by atoms with Crippen molar-refractivity contribution in [2.24, 2.45) is 5.92 Å². The maximum absolute atomic E-state index is 11.3. The molecule has 24 heavy (non-hydrogen) atoms. The zero-order chi connectivity index (χ0) is 18.0. The molecule has 0 aromatic carbocycles. The maximum Gasteiger partial charge on any atom is 0.222 e. The zero-order valence-corrected chi connectivity index (χ0v) is 17.4. The van der Waals surface area contributed by atoms with Crippen LogP contribution in [0.1, 0.15) is 20.8 Å². The van der Waals surface area contributed by atoms with Gasteiger partial charge in [0.1, 0.15) is 0 Å².